The number of hydrogen-bond acceptors (Lipinski definition) is 4. The van der Waals surface area contributed by atoms with Crippen LogP contribution in [-0.2, 0) is 9.53 Å². The molecule has 2 aromatic carbocycles. The number of benzene rings is 2. The molecule has 2 rings (SSSR count). The first-order chi connectivity index (χ1) is 9.13. The molecule has 0 amide bonds. The third kappa shape index (κ3) is 2.85. The standard InChI is InChI=1S/C15H12O3S/c1-3-18-15(17)14-12-7-5-4-6-11(12)8-9-13(14)19-10(2)16/h3-9H,1H2,2H3. The van der Waals surface area contributed by atoms with Crippen molar-refractivity contribution in [1.29, 1.82) is 0 Å². The van der Waals surface area contributed by atoms with E-state index in [1.54, 1.807) is 6.07 Å². The van der Waals surface area contributed by atoms with E-state index in [-0.39, 0.29) is 5.12 Å². The van der Waals surface area contributed by atoms with Crippen molar-refractivity contribution in [3.05, 3.63) is 54.8 Å². The van der Waals surface area contributed by atoms with Gasteiger partial charge in [0.15, 0.2) is 5.12 Å². The summed E-state index contributed by atoms with van der Waals surface area (Å²) >= 11 is 1.02. The van der Waals surface area contributed by atoms with Crippen LogP contribution in [0.1, 0.15) is 17.3 Å². The molecule has 0 fully saturated rings. The van der Waals surface area contributed by atoms with E-state index in [4.69, 9.17) is 4.74 Å². The Labute approximate surface area is 115 Å². The number of carbonyl (C=O) groups excluding carboxylic acids is 2. The first-order valence-corrected chi connectivity index (χ1v) is 6.47. The molecule has 0 aliphatic carbocycles. The van der Waals surface area contributed by atoms with Gasteiger partial charge >= 0.3 is 5.97 Å². The van der Waals surface area contributed by atoms with Crippen LogP contribution in [0.2, 0.25) is 0 Å². The molecular formula is C15H12O3S. The molecule has 0 atom stereocenters. The summed E-state index contributed by atoms with van der Waals surface area (Å²) in [4.78, 5) is 23.9. The Morgan fingerprint density at radius 2 is 1.95 bits per heavy atom. The molecule has 0 aliphatic heterocycles. The number of carbonyl (C=O) groups is 2. The minimum absolute atomic E-state index is 0.0806. The van der Waals surface area contributed by atoms with Crippen LogP contribution in [0.15, 0.2) is 54.1 Å². The van der Waals surface area contributed by atoms with E-state index in [0.29, 0.717) is 10.5 Å². The van der Waals surface area contributed by atoms with Crippen LogP contribution in [0.25, 0.3) is 10.8 Å². The Morgan fingerprint density at radius 3 is 2.63 bits per heavy atom. The molecular weight excluding hydrogens is 260 g/mol. The molecule has 0 saturated carbocycles. The Bertz CT molecular complexity index is 661. The predicted octanol–water partition coefficient (Wildman–Crippen LogP) is 3.78. The summed E-state index contributed by atoms with van der Waals surface area (Å²) in [6.45, 7) is 4.84. The van der Waals surface area contributed by atoms with Gasteiger partial charge in [-0.25, -0.2) is 4.79 Å². The van der Waals surface area contributed by atoms with E-state index in [0.717, 1.165) is 28.8 Å². The first-order valence-electron chi connectivity index (χ1n) is 5.65. The zero-order chi connectivity index (χ0) is 13.8. The molecule has 0 bridgehead atoms. The number of fused-ring (bicyclic) bond motifs is 1. The zero-order valence-electron chi connectivity index (χ0n) is 10.4. The number of ether oxygens (including phenoxy) is 1. The first kappa shape index (κ1) is 13.4. The predicted molar refractivity (Wildman–Crippen MR) is 76.1 cm³/mol. The van der Waals surface area contributed by atoms with E-state index < -0.39 is 5.97 Å². The molecule has 0 unspecified atom stereocenters. The van der Waals surface area contributed by atoms with E-state index in [1.165, 1.54) is 6.92 Å². The van der Waals surface area contributed by atoms with Crippen LogP contribution in [0, 0.1) is 0 Å². The normalized spacial score (nSPS) is 10.2. The molecule has 0 saturated heterocycles. The molecule has 2 aromatic rings. The smallest absolute Gasteiger partial charge is 0.344 e. The van der Waals surface area contributed by atoms with Crippen LogP contribution in [0.5, 0.6) is 0 Å². The second-order valence-electron chi connectivity index (χ2n) is 3.83. The van der Waals surface area contributed by atoms with E-state index in [1.807, 2.05) is 30.3 Å². The molecule has 0 aromatic heterocycles. The number of thioether (sulfide) groups is 1. The van der Waals surface area contributed by atoms with Crippen LogP contribution in [-0.4, -0.2) is 11.1 Å². The maximum Gasteiger partial charge on any atom is 0.344 e. The number of hydrogen-bond donors (Lipinski definition) is 0. The minimum atomic E-state index is -0.504. The van der Waals surface area contributed by atoms with Crippen molar-refractivity contribution >= 4 is 33.6 Å². The van der Waals surface area contributed by atoms with E-state index >= 15 is 0 Å². The Kier molecular flexibility index (Phi) is 4.02. The summed E-state index contributed by atoms with van der Waals surface area (Å²) in [7, 11) is 0. The van der Waals surface area contributed by atoms with Gasteiger partial charge in [0.1, 0.15) is 0 Å². The van der Waals surface area contributed by atoms with Gasteiger partial charge in [-0.1, -0.05) is 48.7 Å². The van der Waals surface area contributed by atoms with Crippen LogP contribution in [0.4, 0.5) is 0 Å². The fourth-order valence-electron chi connectivity index (χ4n) is 1.84. The quantitative estimate of drug-likeness (QED) is 0.484. The lowest BCUT2D eigenvalue weighted by Gasteiger charge is -2.09. The second kappa shape index (κ2) is 5.71. The van der Waals surface area contributed by atoms with Crippen LogP contribution < -0.4 is 0 Å². The van der Waals surface area contributed by atoms with Gasteiger partial charge < -0.3 is 4.74 Å². The van der Waals surface area contributed by atoms with Crippen LogP contribution in [0.3, 0.4) is 0 Å². The average molecular weight is 272 g/mol. The zero-order valence-corrected chi connectivity index (χ0v) is 11.2. The highest BCUT2D eigenvalue weighted by Crippen LogP contribution is 2.30. The van der Waals surface area contributed by atoms with Gasteiger partial charge in [-0.3, -0.25) is 4.79 Å². The number of esters is 1. The maximum atomic E-state index is 12.0. The van der Waals surface area contributed by atoms with Crippen molar-refractivity contribution in [2.24, 2.45) is 0 Å². The monoisotopic (exact) mass is 272 g/mol. The van der Waals surface area contributed by atoms with Crippen molar-refractivity contribution in [2.75, 3.05) is 0 Å². The molecule has 0 N–H and O–H groups in total. The van der Waals surface area contributed by atoms with E-state index in [2.05, 4.69) is 6.58 Å². The number of rotatable bonds is 3. The van der Waals surface area contributed by atoms with Crippen molar-refractivity contribution in [3.8, 4) is 0 Å². The van der Waals surface area contributed by atoms with Gasteiger partial charge in [-0.2, -0.15) is 0 Å². The van der Waals surface area contributed by atoms with Gasteiger partial charge in [-0.15, -0.1) is 0 Å². The molecule has 4 heteroatoms. The third-order valence-electron chi connectivity index (χ3n) is 2.54. The molecule has 19 heavy (non-hydrogen) atoms. The summed E-state index contributed by atoms with van der Waals surface area (Å²) in [5.41, 5.74) is 0.401. The summed E-state index contributed by atoms with van der Waals surface area (Å²) in [5.74, 6) is -0.504. The lowest BCUT2D eigenvalue weighted by Crippen LogP contribution is -2.04. The third-order valence-corrected chi connectivity index (χ3v) is 3.39. The lowest BCUT2D eigenvalue weighted by atomic mass is 10.0. The van der Waals surface area contributed by atoms with Crippen LogP contribution >= 0.6 is 11.8 Å². The highest BCUT2D eigenvalue weighted by molar-refractivity contribution is 8.13. The summed E-state index contributed by atoms with van der Waals surface area (Å²) in [5, 5.41) is 1.61. The van der Waals surface area contributed by atoms with E-state index in [9.17, 15) is 9.59 Å². The van der Waals surface area contributed by atoms with Gasteiger partial charge in [0.25, 0.3) is 0 Å². The van der Waals surface area contributed by atoms with Gasteiger partial charge in [-0.05, 0) is 16.8 Å². The van der Waals surface area contributed by atoms with Crippen molar-refractivity contribution in [3.63, 3.8) is 0 Å². The second-order valence-corrected chi connectivity index (χ2v) is 5.04. The molecule has 3 nitrogen and oxygen atoms in total. The molecule has 96 valence electrons. The van der Waals surface area contributed by atoms with Crippen molar-refractivity contribution < 1.29 is 14.3 Å². The fraction of sp³-hybridized carbons (Fsp3) is 0.0667. The lowest BCUT2D eigenvalue weighted by molar-refractivity contribution is -0.109. The maximum absolute atomic E-state index is 12.0. The molecule has 0 spiro atoms. The SMILES string of the molecule is C=COC(=O)c1c(SC(C)=O)ccc2ccccc12. The van der Waals surface area contributed by atoms with Gasteiger partial charge in [0.2, 0.25) is 0 Å². The highest BCUT2D eigenvalue weighted by atomic mass is 32.2. The van der Waals surface area contributed by atoms with Gasteiger partial charge in [0.05, 0.1) is 11.8 Å². The van der Waals surface area contributed by atoms with Crippen molar-refractivity contribution in [2.45, 2.75) is 11.8 Å². The average Bonchev–Trinajstić information content (AvgIpc) is 2.38. The summed E-state index contributed by atoms with van der Waals surface area (Å²) in [6, 6.07) is 11.1. The molecule has 0 aliphatic rings. The minimum Gasteiger partial charge on any atom is -0.431 e. The molecule has 0 heterocycles. The Morgan fingerprint density at radius 1 is 1.21 bits per heavy atom. The summed E-state index contributed by atoms with van der Waals surface area (Å²) in [6.07, 6.45) is 1.09. The Balaban J connectivity index is 2.67. The van der Waals surface area contributed by atoms with Crippen molar-refractivity contribution in [1.82, 2.24) is 0 Å². The largest absolute Gasteiger partial charge is 0.431 e. The summed E-state index contributed by atoms with van der Waals surface area (Å²) < 4.78 is 4.86. The molecule has 0 radical (unpaired) electrons. The Hall–Kier alpha value is -2.07. The topological polar surface area (TPSA) is 43.4 Å². The van der Waals surface area contributed by atoms with Gasteiger partial charge in [0, 0.05) is 11.8 Å². The highest BCUT2D eigenvalue weighted by Gasteiger charge is 2.17. The fourth-order valence-corrected chi connectivity index (χ4v) is 2.58.